The number of hydrogen-bond acceptors (Lipinski definition) is 3. The summed E-state index contributed by atoms with van der Waals surface area (Å²) in [7, 11) is 4.08. The molecular formula is C18H23N3O. The van der Waals surface area contributed by atoms with E-state index in [2.05, 4.69) is 27.7 Å². The number of amides is 1. The molecule has 0 bridgehead atoms. The van der Waals surface area contributed by atoms with Gasteiger partial charge < -0.3 is 15.5 Å². The van der Waals surface area contributed by atoms with Gasteiger partial charge in [0.05, 0.1) is 6.54 Å². The van der Waals surface area contributed by atoms with Gasteiger partial charge in [-0.15, -0.1) is 0 Å². The lowest BCUT2D eigenvalue weighted by Crippen LogP contribution is -2.30. The SMILES string of the molecule is CN(C)Cc1ccccc1CNC(=O)CNc1ccccc1. The molecule has 0 saturated heterocycles. The first-order valence-corrected chi connectivity index (χ1v) is 7.42. The van der Waals surface area contributed by atoms with Crippen LogP contribution in [0.4, 0.5) is 5.69 Å². The van der Waals surface area contributed by atoms with Crippen LogP contribution in [0.2, 0.25) is 0 Å². The summed E-state index contributed by atoms with van der Waals surface area (Å²) in [4.78, 5) is 14.1. The molecule has 2 aromatic rings. The van der Waals surface area contributed by atoms with Crippen LogP contribution in [0.5, 0.6) is 0 Å². The van der Waals surface area contributed by atoms with Gasteiger partial charge in [0, 0.05) is 18.8 Å². The minimum atomic E-state index is -0.0106. The Morgan fingerprint density at radius 1 is 0.955 bits per heavy atom. The van der Waals surface area contributed by atoms with Gasteiger partial charge in [-0.25, -0.2) is 0 Å². The molecule has 0 aliphatic carbocycles. The van der Waals surface area contributed by atoms with E-state index >= 15 is 0 Å². The average Bonchev–Trinajstić information content (AvgIpc) is 2.52. The largest absolute Gasteiger partial charge is 0.376 e. The molecule has 116 valence electrons. The van der Waals surface area contributed by atoms with Crippen molar-refractivity contribution >= 4 is 11.6 Å². The van der Waals surface area contributed by atoms with Crippen molar-refractivity contribution in [3.63, 3.8) is 0 Å². The monoisotopic (exact) mass is 297 g/mol. The van der Waals surface area contributed by atoms with Crippen LogP contribution in [0, 0.1) is 0 Å². The van der Waals surface area contributed by atoms with Crippen molar-refractivity contribution in [2.75, 3.05) is 26.0 Å². The Kier molecular flexibility index (Phi) is 5.98. The Balaban J connectivity index is 1.83. The highest BCUT2D eigenvalue weighted by molar-refractivity contribution is 5.80. The molecule has 0 aliphatic rings. The molecule has 0 heterocycles. The molecule has 4 nitrogen and oxygen atoms in total. The molecule has 0 aliphatic heterocycles. The molecule has 0 fully saturated rings. The first kappa shape index (κ1) is 16.0. The Morgan fingerprint density at radius 3 is 2.27 bits per heavy atom. The molecular weight excluding hydrogens is 274 g/mol. The first-order valence-electron chi connectivity index (χ1n) is 7.42. The average molecular weight is 297 g/mol. The number of nitrogens with zero attached hydrogens (tertiary/aromatic N) is 1. The molecule has 0 unspecified atom stereocenters. The van der Waals surface area contributed by atoms with Gasteiger partial charge in [0.2, 0.25) is 5.91 Å². The van der Waals surface area contributed by atoms with Crippen molar-refractivity contribution in [1.29, 1.82) is 0 Å². The van der Waals surface area contributed by atoms with Crippen molar-refractivity contribution in [3.05, 3.63) is 65.7 Å². The fraction of sp³-hybridized carbons (Fsp3) is 0.278. The maximum absolute atomic E-state index is 11.9. The Hall–Kier alpha value is -2.33. The van der Waals surface area contributed by atoms with Crippen molar-refractivity contribution in [3.8, 4) is 0 Å². The van der Waals surface area contributed by atoms with E-state index < -0.39 is 0 Å². The van der Waals surface area contributed by atoms with Crippen LogP contribution in [-0.4, -0.2) is 31.4 Å². The van der Waals surface area contributed by atoms with E-state index in [-0.39, 0.29) is 12.5 Å². The quantitative estimate of drug-likeness (QED) is 0.825. The summed E-state index contributed by atoms with van der Waals surface area (Å²) in [6.45, 7) is 1.70. The van der Waals surface area contributed by atoms with E-state index in [4.69, 9.17) is 0 Å². The molecule has 2 rings (SSSR count). The maximum Gasteiger partial charge on any atom is 0.239 e. The second-order valence-corrected chi connectivity index (χ2v) is 5.50. The number of rotatable bonds is 7. The van der Waals surface area contributed by atoms with Crippen LogP contribution >= 0.6 is 0 Å². The summed E-state index contributed by atoms with van der Waals surface area (Å²) in [5.41, 5.74) is 3.35. The molecule has 0 radical (unpaired) electrons. The van der Waals surface area contributed by atoms with Crippen LogP contribution in [0.1, 0.15) is 11.1 Å². The number of carbonyl (C=O) groups is 1. The topological polar surface area (TPSA) is 44.4 Å². The number of carbonyl (C=O) groups excluding carboxylic acids is 1. The molecule has 2 aromatic carbocycles. The van der Waals surface area contributed by atoms with Crippen LogP contribution in [0.25, 0.3) is 0 Å². The molecule has 0 atom stereocenters. The predicted octanol–water partition coefficient (Wildman–Crippen LogP) is 2.48. The lowest BCUT2D eigenvalue weighted by Gasteiger charge is -2.15. The Morgan fingerprint density at radius 2 is 1.59 bits per heavy atom. The van der Waals surface area contributed by atoms with E-state index in [0.29, 0.717) is 6.54 Å². The fourth-order valence-electron chi connectivity index (χ4n) is 2.22. The Bertz CT molecular complexity index is 596. The van der Waals surface area contributed by atoms with Gasteiger partial charge in [0.15, 0.2) is 0 Å². The lowest BCUT2D eigenvalue weighted by molar-refractivity contribution is -0.119. The molecule has 0 spiro atoms. The van der Waals surface area contributed by atoms with E-state index in [0.717, 1.165) is 17.8 Å². The first-order chi connectivity index (χ1) is 10.6. The second-order valence-electron chi connectivity index (χ2n) is 5.50. The lowest BCUT2D eigenvalue weighted by atomic mass is 10.1. The van der Waals surface area contributed by atoms with Gasteiger partial charge in [-0.1, -0.05) is 42.5 Å². The maximum atomic E-state index is 11.9. The van der Waals surface area contributed by atoms with Crippen molar-refractivity contribution in [2.24, 2.45) is 0 Å². The van der Waals surface area contributed by atoms with Gasteiger partial charge in [0.1, 0.15) is 0 Å². The summed E-state index contributed by atoms with van der Waals surface area (Å²) < 4.78 is 0. The minimum Gasteiger partial charge on any atom is -0.376 e. The molecule has 22 heavy (non-hydrogen) atoms. The standard InChI is InChI=1S/C18H23N3O/c1-21(2)14-16-9-7-6-8-15(16)12-20-18(22)13-19-17-10-4-3-5-11-17/h3-11,19H,12-14H2,1-2H3,(H,20,22). The molecule has 0 aromatic heterocycles. The normalized spacial score (nSPS) is 10.5. The van der Waals surface area contributed by atoms with E-state index in [1.807, 2.05) is 56.6 Å². The summed E-state index contributed by atoms with van der Waals surface area (Å²) in [6, 6.07) is 17.9. The highest BCUT2D eigenvalue weighted by Gasteiger charge is 2.05. The molecule has 0 saturated carbocycles. The zero-order chi connectivity index (χ0) is 15.8. The zero-order valence-corrected chi connectivity index (χ0v) is 13.2. The van der Waals surface area contributed by atoms with Gasteiger partial charge in [-0.05, 0) is 37.4 Å². The molecule has 1 amide bonds. The van der Waals surface area contributed by atoms with E-state index in [1.165, 1.54) is 5.56 Å². The Labute approximate surface area is 132 Å². The van der Waals surface area contributed by atoms with Gasteiger partial charge in [-0.3, -0.25) is 4.79 Å². The molecule has 4 heteroatoms. The van der Waals surface area contributed by atoms with Crippen LogP contribution in [0.15, 0.2) is 54.6 Å². The smallest absolute Gasteiger partial charge is 0.239 e. The predicted molar refractivity (Wildman–Crippen MR) is 90.6 cm³/mol. The fourth-order valence-corrected chi connectivity index (χ4v) is 2.22. The van der Waals surface area contributed by atoms with Crippen molar-refractivity contribution < 1.29 is 4.79 Å². The third-order valence-electron chi connectivity index (χ3n) is 3.31. The number of hydrogen-bond donors (Lipinski definition) is 2. The van der Waals surface area contributed by atoms with Gasteiger partial charge >= 0.3 is 0 Å². The number of anilines is 1. The number of benzene rings is 2. The summed E-state index contributed by atoms with van der Waals surface area (Å²) in [5.74, 6) is -0.0106. The van der Waals surface area contributed by atoms with E-state index in [1.54, 1.807) is 0 Å². The van der Waals surface area contributed by atoms with Crippen molar-refractivity contribution in [2.45, 2.75) is 13.1 Å². The minimum absolute atomic E-state index is 0.0106. The van der Waals surface area contributed by atoms with E-state index in [9.17, 15) is 4.79 Å². The third kappa shape index (κ3) is 5.22. The highest BCUT2D eigenvalue weighted by Crippen LogP contribution is 2.10. The summed E-state index contributed by atoms with van der Waals surface area (Å²) >= 11 is 0. The van der Waals surface area contributed by atoms with Crippen LogP contribution < -0.4 is 10.6 Å². The second kappa shape index (κ2) is 8.20. The summed E-state index contributed by atoms with van der Waals surface area (Å²) in [6.07, 6.45) is 0. The number of nitrogens with one attached hydrogen (secondary N) is 2. The molecule has 2 N–H and O–H groups in total. The van der Waals surface area contributed by atoms with Crippen LogP contribution in [0.3, 0.4) is 0 Å². The van der Waals surface area contributed by atoms with Crippen molar-refractivity contribution in [1.82, 2.24) is 10.2 Å². The van der Waals surface area contributed by atoms with Gasteiger partial charge in [-0.2, -0.15) is 0 Å². The number of para-hydroxylation sites is 1. The third-order valence-corrected chi connectivity index (χ3v) is 3.31. The zero-order valence-electron chi connectivity index (χ0n) is 13.2. The van der Waals surface area contributed by atoms with Gasteiger partial charge in [0.25, 0.3) is 0 Å². The van der Waals surface area contributed by atoms with Crippen LogP contribution in [-0.2, 0) is 17.9 Å². The summed E-state index contributed by atoms with van der Waals surface area (Å²) in [5, 5.41) is 6.07. The highest BCUT2D eigenvalue weighted by atomic mass is 16.1.